The molecule has 0 aromatic heterocycles. The number of nitrogens with one attached hydrogen (secondary N) is 1. The molecule has 0 heterocycles. The normalized spacial score (nSPS) is 18.5. The molecule has 0 bridgehead atoms. The Labute approximate surface area is 103 Å². The lowest BCUT2D eigenvalue weighted by Gasteiger charge is -2.14. The zero-order valence-electron chi connectivity index (χ0n) is 10.5. The van der Waals surface area contributed by atoms with Gasteiger partial charge in [-0.2, -0.15) is 0 Å². The molecule has 1 aromatic rings. The van der Waals surface area contributed by atoms with Crippen LogP contribution < -0.4 is 5.32 Å². The van der Waals surface area contributed by atoms with Gasteiger partial charge in [-0.25, -0.2) is 0 Å². The van der Waals surface area contributed by atoms with Crippen molar-refractivity contribution in [2.75, 3.05) is 5.32 Å². The average Bonchev–Trinajstić information content (AvgIpc) is 2.33. The summed E-state index contributed by atoms with van der Waals surface area (Å²) in [6, 6.07) is 6.18. The van der Waals surface area contributed by atoms with Gasteiger partial charge < -0.3 is 5.32 Å². The number of Topliss-reactive ketones (excluding diaryl/α,β-unsaturated/α-hetero) is 1. The van der Waals surface area contributed by atoms with Crippen LogP contribution in [-0.2, 0) is 4.79 Å². The first-order chi connectivity index (χ1) is 8.18. The first-order valence-electron chi connectivity index (χ1n) is 6.23. The van der Waals surface area contributed by atoms with Crippen LogP contribution in [-0.4, -0.2) is 5.78 Å². The van der Waals surface area contributed by atoms with E-state index in [1.54, 1.807) is 0 Å². The smallest absolute Gasteiger partial charge is 0.160 e. The molecule has 1 fully saturated rings. The van der Waals surface area contributed by atoms with E-state index < -0.39 is 0 Å². The molecule has 0 saturated heterocycles. The lowest BCUT2D eigenvalue weighted by atomic mass is 9.94. The van der Waals surface area contributed by atoms with Gasteiger partial charge in [-0.1, -0.05) is 12.1 Å². The van der Waals surface area contributed by atoms with E-state index in [0.717, 1.165) is 30.5 Å². The maximum absolute atomic E-state index is 11.7. The zero-order valence-corrected chi connectivity index (χ0v) is 10.5. The molecule has 1 saturated carbocycles. The molecule has 2 nitrogen and oxygen atoms in total. The van der Waals surface area contributed by atoms with Crippen LogP contribution >= 0.6 is 0 Å². The fourth-order valence-electron chi connectivity index (χ4n) is 2.13. The zero-order chi connectivity index (χ0) is 12.3. The Morgan fingerprint density at radius 1 is 1.18 bits per heavy atom. The van der Waals surface area contributed by atoms with E-state index in [9.17, 15) is 4.79 Å². The maximum atomic E-state index is 11.7. The van der Waals surface area contributed by atoms with Crippen molar-refractivity contribution in [3.8, 4) is 0 Å². The third kappa shape index (κ3) is 2.76. The van der Waals surface area contributed by atoms with Gasteiger partial charge in [0.25, 0.3) is 0 Å². The number of rotatable bonds is 2. The fraction of sp³-hybridized carbons (Fsp3) is 0.400. The molecule has 1 aliphatic carbocycles. The van der Waals surface area contributed by atoms with Crippen molar-refractivity contribution >= 4 is 11.5 Å². The predicted octanol–water partition coefficient (Wildman–Crippen LogP) is 3.74. The predicted molar refractivity (Wildman–Crippen MR) is 71.1 cm³/mol. The molecule has 1 N–H and O–H groups in total. The summed E-state index contributed by atoms with van der Waals surface area (Å²) in [5.74, 6) is 0.300. The molecule has 1 aromatic carbocycles. The Morgan fingerprint density at radius 2 is 1.94 bits per heavy atom. The summed E-state index contributed by atoms with van der Waals surface area (Å²) < 4.78 is 0. The van der Waals surface area contributed by atoms with Crippen LogP contribution in [0, 0.1) is 13.8 Å². The largest absolute Gasteiger partial charge is 0.361 e. The minimum absolute atomic E-state index is 0.300. The number of carbonyl (C=O) groups is 1. The van der Waals surface area contributed by atoms with Crippen molar-refractivity contribution in [1.29, 1.82) is 0 Å². The second kappa shape index (κ2) is 5.17. The lowest BCUT2D eigenvalue weighted by molar-refractivity contribution is -0.116. The number of aryl methyl sites for hydroxylation is 1. The average molecular weight is 229 g/mol. The second-order valence-corrected chi connectivity index (χ2v) is 4.69. The van der Waals surface area contributed by atoms with Crippen LogP contribution in [0.2, 0.25) is 0 Å². The second-order valence-electron chi connectivity index (χ2n) is 4.69. The number of ketones is 1. The van der Waals surface area contributed by atoms with Gasteiger partial charge >= 0.3 is 0 Å². The summed E-state index contributed by atoms with van der Waals surface area (Å²) in [7, 11) is 0. The molecule has 90 valence electrons. The van der Waals surface area contributed by atoms with E-state index in [0.29, 0.717) is 12.2 Å². The van der Waals surface area contributed by atoms with Gasteiger partial charge in [0, 0.05) is 23.9 Å². The third-order valence-electron chi connectivity index (χ3n) is 3.46. The number of allylic oxidation sites excluding steroid dienone is 1. The van der Waals surface area contributed by atoms with Crippen molar-refractivity contribution in [3.05, 3.63) is 41.1 Å². The van der Waals surface area contributed by atoms with Crippen molar-refractivity contribution < 1.29 is 4.79 Å². The molecule has 17 heavy (non-hydrogen) atoms. The van der Waals surface area contributed by atoms with E-state index >= 15 is 0 Å². The quantitative estimate of drug-likeness (QED) is 0.783. The van der Waals surface area contributed by atoms with Crippen LogP contribution in [0.25, 0.3) is 0 Å². The summed E-state index contributed by atoms with van der Waals surface area (Å²) in [5.41, 5.74) is 4.55. The SMILES string of the molecule is Cc1cccc(NC=C2CCCCC2=O)c1C. The first kappa shape index (κ1) is 11.9. The topological polar surface area (TPSA) is 29.1 Å². The minimum Gasteiger partial charge on any atom is -0.361 e. The van der Waals surface area contributed by atoms with E-state index in [-0.39, 0.29) is 0 Å². The molecule has 0 amide bonds. The number of hydrogen-bond donors (Lipinski definition) is 1. The van der Waals surface area contributed by atoms with Gasteiger partial charge in [-0.05, 0) is 50.3 Å². The van der Waals surface area contributed by atoms with E-state index in [2.05, 4.69) is 25.2 Å². The summed E-state index contributed by atoms with van der Waals surface area (Å²) >= 11 is 0. The maximum Gasteiger partial charge on any atom is 0.160 e. The van der Waals surface area contributed by atoms with Gasteiger partial charge in [0.15, 0.2) is 5.78 Å². The van der Waals surface area contributed by atoms with Crippen molar-refractivity contribution in [2.24, 2.45) is 0 Å². The summed E-state index contributed by atoms with van der Waals surface area (Å²) in [6.45, 7) is 4.19. The Bertz CT molecular complexity index is 460. The summed E-state index contributed by atoms with van der Waals surface area (Å²) in [4.78, 5) is 11.7. The molecule has 2 rings (SSSR count). The van der Waals surface area contributed by atoms with Crippen molar-refractivity contribution in [1.82, 2.24) is 0 Å². The Hall–Kier alpha value is -1.57. The molecule has 0 unspecified atom stereocenters. The Kier molecular flexibility index (Phi) is 3.62. The molecule has 2 heteroatoms. The Balaban J connectivity index is 2.13. The number of hydrogen-bond acceptors (Lipinski definition) is 2. The van der Waals surface area contributed by atoms with Gasteiger partial charge in [0.05, 0.1) is 0 Å². The van der Waals surface area contributed by atoms with Crippen molar-refractivity contribution in [3.63, 3.8) is 0 Å². The highest BCUT2D eigenvalue weighted by atomic mass is 16.1. The van der Waals surface area contributed by atoms with Gasteiger partial charge in [-0.15, -0.1) is 0 Å². The Morgan fingerprint density at radius 3 is 2.71 bits per heavy atom. The van der Waals surface area contributed by atoms with Crippen LogP contribution in [0.15, 0.2) is 30.0 Å². The van der Waals surface area contributed by atoms with Crippen LogP contribution in [0.1, 0.15) is 36.8 Å². The molecule has 1 aliphatic rings. The van der Waals surface area contributed by atoms with E-state index in [4.69, 9.17) is 0 Å². The molecule has 0 spiro atoms. The van der Waals surface area contributed by atoms with Crippen LogP contribution in [0.3, 0.4) is 0 Å². The molecular formula is C15H19NO. The number of benzene rings is 1. The highest BCUT2D eigenvalue weighted by molar-refractivity contribution is 5.96. The standard InChI is InChI=1S/C15H19NO/c1-11-6-5-8-14(12(11)2)16-10-13-7-3-4-9-15(13)17/h5-6,8,10,16H,3-4,7,9H2,1-2H3. The van der Waals surface area contributed by atoms with E-state index in [1.807, 2.05) is 18.3 Å². The third-order valence-corrected chi connectivity index (χ3v) is 3.46. The van der Waals surface area contributed by atoms with E-state index in [1.165, 1.54) is 11.1 Å². The molecular weight excluding hydrogens is 210 g/mol. The fourth-order valence-corrected chi connectivity index (χ4v) is 2.13. The van der Waals surface area contributed by atoms with Gasteiger partial charge in [0.1, 0.15) is 0 Å². The van der Waals surface area contributed by atoms with Crippen LogP contribution in [0.5, 0.6) is 0 Å². The van der Waals surface area contributed by atoms with Gasteiger partial charge in [0.2, 0.25) is 0 Å². The number of anilines is 1. The molecule has 0 radical (unpaired) electrons. The molecule has 0 aliphatic heterocycles. The minimum atomic E-state index is 0.300. The summed E-state index contributed by atoms with van der Waals surface area (Å²) in [5, 5.41) is 3.27. The lowest BCUT2D eigenvalue weighted by Crippen LogP contribution is -2.10. The highest BCUT2D eigenvalue weighted by Gasteiger charge is 2.14. The monoisotopic (exact) mass is 229 g/mol. The van der Waals surface area contributed by atoms with Crippen molar-refractivity contribution in [2.45, 2.75) is 39.5 Å². The van der Waals surface area contributed by atoms with Gasteiger partial charge in [-0.3, -0.25) is 4.79 Å². The number of carbonyl (C=O) groups excluding carboxylic acids is 1. The highest BCUT2D eigenvalue weighted by Crippen LogP contribution is 2.22. The summed E-state index contributed by atoms with van der Waals surface area (Å²) in [6.07, 6.45) is 5.69. The molecule has 0 atom stereocenters. The van der Waals surface area contributed by atoms with Crippen LogP contribution in [0.4, 0.5) is 5.69 Å². The first-order valence-corrected chi connectivity index (χ1v) is 6.23.